The largest absolute Gasteiger partial charge is 0.447 e. The van der Waals surface area contributed by atoms with E-state index in [1.807, 2.05) is 60.7 Å². The van der Waals surface area contributed by atoms with Crippen molar-refractivity contribution in [2.45, 2.75) is 57.6 Å². The molecular formula is C27H33NO4. The van der Waals surface area contributed by atoms with Crippen molar-refractivity contribution in [3.05, 3.63) is 71.8 Å². The molecule has 2 fully saturated rings. The second-order valence-corrected chi connectivity index (χ2v) is 9.07. The highest BCUT2D eigenvalue weighted by Crippen LogP contribution is 2.31. The lowest BCUT2D eigenvalue weighted by Crippen LogP contribution is -2.45. The van der Waals surface area contributed by atoms with E-state index in [2.05, 4.69) is 0 Å². The van der Waals surface area contributed by atoms with Gasteiger partial charge in [0.25, 0.3) is 0 Å². The van der Waals surface area contributed by atoms with E-state index in [1.165, 1.54) is 24.2 Å². The van der Waals surface area contributed by atoms with Crippen LogP contribution in [0.4, 0.5) is 4.79 Å². The van der Waals surface area contributed by atoms with E-state index in [0.29, 0.717) is 25.6 Å². The maximum atomic E-state index is 13.6. The second kappa shape index (κ2) is 11.3. The maximum Gasteiger partial charge on any atom is 0.416 e. The van der Waals surface area contributed by atoms with E-state index in [4.69, 9.17) is 9.47 Å². The molecule has 5 heteroatoms. The molecular weight excluding hydrogens is 402 g/mol. The Morgan fingerprint density at radius 2 is 1.62 bits per heavy atom. The Kier molecular flexibility index (Phi) is 7.94. The zero-order valence-corrected chi connectivity index (χ0v) is 18.7. The van der Waals surface area contributed by atoms with Crippen LogP contribution in [-0.4, -0.2) is 36.2 Å². The number of benzene rings is 2. The SMILES string of the molecule is O=C1OC[C@@H](Cc2ccccc2)N1C(=O)C(COCc1ccccc1)CC1CCCCC1. The van der Waals surface area contributed by atoms with Crippen LogP contribution in [0.15, 0.2) is 60.7 Å². The average molecular weight is 436 g/mol. The van der Waals surface area contributed by atoms with Gasteiger partial charge in [-0.1, -0.05) is 92.8 Å². The van der Waals surface area contributed by atoms with Crippen LogP contribution in [0, 0.1) is 11.8 Å². The number of carbonyl (C=O) groups is 2. The predicted molar refractivity (Wildman–Crippen MR) is 123 cm³/mol. The third kappa shape index (κ3) is 5.98. The molecule has 0 aromatic heterocycles. The molecule has 32 heavy (non-hydrogen) atoms. The van der Waals surface area contributed by atoms with Gasteiger partial charge in [0.2, 0.25) is 5.91 Å². The Morgan fingerprint density at radius 3 is 2.31 bits per heavy atom. The van der Waals surface area contributed by atoms with Crippen molar-refractivity contribution in [2.75, 3.05) is 13.2 Å². The van der Waals surface area contributed by atoms with E-state index >= 15 is 0 Å². The van der Waals surface area contributed by atoms with Gasteiger partial charge in [0.05, 0.1) is 25.2 Å². The summed E-state index contributed by atoms with van der Waals surface area (Å²) in [7, 11) is 0. The first kappa shape index (κ1) is 22.5. The third-order valence-corrected chi connectivity index (χ3v) is 6.64. The number of rotatable bonds is 9. The smallest absolute Gasteiger partial charge is 0.416 e. The molecule has 1 heterocycles. The fourth-order valence-corrected chi connectivity index (χ4v) is 4.92. The lowest BCUT2D eigenvalue weighted by Gasteiger charge is -2.29. The van der Waals surface area contributed by atoms with Gasteiger partial charge in [0.15, 0.2) is 0 Å². The fraction of sp³-hybridized carbons (Fsp3) is 0.481. The Bertz CT molecular complexity index is 864. The number of ether oxygens (including phenoxy) is 2. The van der Waals surface area contributed by atoms with Crippen LogP contribution in [-0.2, 0) is 27.3 Å². The van der Waals surface area contributed by atoms with Crippen LogP contribution in [0.1, 0.15) is 49.7 Å². The molecule has 0 spiro atoms. The highest BCUT2D eigenvalue weighted by molar-refractivity contribution is 5.95. The van der Waals surface area contributed by atoms with Crippen molar-refractivity contribution in [3.8, 4) is 0 Å². The lowest BCUT2D eigenvalue weighted by molar-refractivity contribution is -0.136. The highest BCUT2D eigenvalue weighted by atomic mass is 16.6. The fourth-order valence-electron chi connectivity index (χ4n) is 4.92. The average Bonchev–Trinajstić information content (AvgIpc) is 3.19. The molecule has 1 unspecified atom stereocenters. The zero-order valence-electron chi connectivity index (χ0n) is 18.7. The summed E-state index contributed by atoms with van der Waals surface area (Å²) >= 11 is 0. The number of cyclic esters (lactones) is 1. The minimum absolute atomic E-state index is 0.146. The van der Waals surface area contributed by atoms with Crippen molar-refractivity contribution >= 4 is 12.0 Å². The Balaban J connectivity index is 1.44. The van der Waals surface area contributed by atoms with E-state index in [0.717, 1.165) is 30.4 Å². The van der Waals surface area contributed by atoms with Gasteiger partial charge in [-0.15, -0.1) is 0 Å². The molecule has 2 aliphatic rings. The molecule has 2 aromatic carbocycles. The molecule has 2 amide bonds. The minimum atomic E-state index is -0.521. The Labute approximate surface area is 190 Å². The van der Waals surface area contributed by atoms with Gasteiger partial charge < -0.3 is 9.47 Å². The molecule has 1 saturated carbocycles. The standard InChI is InChI=1S/C27H33NO4/c29-26(28-25(20-32-27(28)30)17-22-12-6-2-7-13-22)24(16-21-10-4-1-5-11-21)19-31-18-23-14-8-3-9-15-23/h2-3,6-9,12-15,21,24-25H,1,4-5,10-11,16-20H2/t24?,25-/m1/s1. The summed E-state index contributed by atoms with van der Waals surface area (Å²) in [6.07, 6.45) is 6.89. The summed E-state index contributed by atoms with van der Waals surface area (Å²) in [5, 5.41) is 0. The van der Waals surface area contributed by atoms with Crippen molar-refractivity contribution in [1.29, 1.82) is 0 Å². The summed E-state index contributed by atoms with van der Waals surface area (Å²) in [6.45, 7) is 1.04. The van der Waals surface area contributed by atoms with Gasteiger partial charge in [-0.2, -0.15) is 0 Å². The van der Waals surface area contributed by atoms with Crippen LogP contribution in [0.2, 0.25) is 0 Å². The summed E-state index contributed by atoms with van der Waals surface area (Å²) in [5.74, 6) is 0.0435. The van der Waals surface area contributed by atoms with Gasteiger partial charge in [0, 0.05) is 0 Å². The molecule has 0 bridgehead atoms. The number of nitrogens with zero attached hydrogens (tertiary/aromatic N) is 1. The van der Waals surface area contributed by atoms with Gasteiger partial charge in [-0.3, -0.25) is 4.79 Å². The quantitative estimate of drug-likeness (QED) is 0.531. The zero-order chi connectivity index (χ0) is 22.2. The van der Waals surface area contributed by atoms with Crippen LogP contribution in [0.5, 0.6) is 0 Å². The van der Waals surface area contributed by atoms with Gasteiger partial charge in [-0.25, -0.2) is 9.69 Å². The van der Waals surface area contributed by atoms with Crippen LogP contribution < -0.4 is 0 Å². The number of hydrogen-bond acceptors (Lipinski definition) is 4. The summed E-state index contributed by atoms with van der Waals surface area (Å²) in [4.78, 5) is 27.5. The molecule has 5 nitrogen and oxygen atoms in total. The molecule has 0 radical (unpaired) electrons. The van der Waals surface area contributed by atoms with Crippen molar-refractivity contribution in [2.24, 2.45) is 11.8 Å². The van der Waals surface area contributed by atoms with Crippen LogP contribution in [0.25, 0.3) is 0 Å². The first-order valence-corrected chi connectivity index (χ1v) is 11.9. The molecule has 2 atom stereocenters. The number of amides is 2. The van der Waals surface area contributed by atoms with Crippen LogP contribution in [0.3, 0.4) is 0 Å². The van der Waals surface area contributed by atoms with Crippen molar-refractivity contribution < 1.29 is 19.1 Å². The lowest BCUT2D eigenvalue weighted by atomic mass is 9.82. The summed E-state index contributed by atoms with van der Waals surface area (Å²) in [5.41, 5.74) is 2.18. The first-order valence-electron chi connectivity index (χ1n) is 11.9. The van der Waals surface area contributed by atoms with Gasteiger partial charge in [0.1, 0.15) is 6.61 Å². The van der Waals surface area contributed by atoms with Gasteiger partial charge >= 0.3 is 6.09 Å². The van der Waals surface area contributed by atoms with Crippen LogP contribution >= 0.6 is 0 Å². The molecule has 0 N–H and O–H groups in total. The number of carbonyl (C=O) groups excluding carboxylic acids is 2. The maximum absolute atomic E-state index is 13.6. The van der Waals surface area contributed by atoms with Crippen molar-refractivity contribution in [1.82, 2.24) is 4.90 Å². The molecule has 1 aliphatic carbocycles. The molecule has 1 saturated heterocycles. The molecule has 2 aromatic rings. The monoisotopic (exact) mass is 435 g/mol. The van der Waals surface area contributed by atoms with Crippen molar-refractivity contribution in [3.63, 3.8) is 0 Å². The topological polar surface area (TPSA) is 55.8 Å². The summed E-state index contributed by atoms with van der Waals surface area (Å²) in [6, 6.07) is 19.7. The van der Waals surface area contributed by atoms with E-state index in [-0.39, 0.29) is 24.5 Å². The van der Waals surface area contributed by atoms with E-state index < -0.39 is 6.09 Å². The number of hydrogen-bond donors (Lipinski definition) is 0. The number of imide groups is 1. The third-order valence-electron chi connectivity index (χ3n) is 6.64. The highest BCUT2D eigenvalue weighted by Gasteiger charge is 2.41. The second-order valence-electron chi connectivity index (χ2n) is 9.07. The Morgan fingerprint density at radius 1 is 0.969 bits per heavy atom. The molecule has 170 valence electrons. The van der Waals surface area contributed by atoms with E-state index in [9.17, 15) is 9.59 Å². The Hall–Kier alpha value is -2.66. The molecule has 4 rings (SSSR count). The van der Waals surface area contributed by atoms with Gasteiger partial charge in [-0.05, 0) is 29.9 Å². The van der Waals surface area contributed by atoms with E-state index in [1.54, 1.807) is 0 Å². The molecule has 1 aliphatic heterocycles. The minimum Gasteiger partial charge on any atom is -0.447 e. The summed E-state index contributed by atoms with van der Waals surface area (Å²) < 4.78 is 11.3. The normalized spacial score (nSPS) is 20.2. The predicted octanol–water partition coefficient (Wildman–Crippen LogP) is 5.38. The first-order chi connectivity index (χ1) is 15.7.